The summed E-state index contributed by atoms with van der Waals surface area (Å²) in [6.45, 7) is 4.74. The Balaban J connectivity index is 0.000000127. The third kappa shape index (κ3) is 3.83. The summed E-state index contributed by atoms with van der Waals surface area (Å²) in [5, 5.41) is 3.27. The highest BCUT2D eigenvalue weighted by atomic mass is 16.1. The number of Topliss-reactive ketones (excluding diaryl/α,β-unsaturated/α-hetero) is 1. The largest absolute Gasteiger partial charge is 0.314 e. The molecule has 0 aromatic rings. The molecule has 0 spiro atoms. The third-order valence-corrected chi connectivity index (χ3v) is 2.25. The Labute approximate surface area is 74.1 Å². The number of hydrogen-bond donors (Lipinski definition) is 1. The molecule has 12 heavy (non-hydrogen) atoms. The maximum absolute atomic E-state index is 9.90. The number of rotatable bonds is 0. The van der Waals surface area contributed by atoms with Gasteiger partial charge in [-0.3, -0.25) is 4.79 Å². The van der Waals surface area contributed by atoms with E-state index in [0.29, 0.717) is 5.78 Å². The van der Waals surface area contributed by atoms with Gasteiger partial charge in [0.15, 0.2) is 0 Å². The molecule has 1 aliphatic carbocycles. The molecule has 0 aromatic heterocycles. The molecule has 2 aliphatic rings. The van der Waals surface area contributed by atoms with Crippen LogP contribution < -0.4 is 5.32 Å². The van der Waals surface area contributed by atoms with Crippen molar-refractivity contribution in [2.75, 3.05) is 33.2 Å². The van der Waals surface area contributed by atoms with Gasteiger partial charge in [0.2, 0.25) is 0 Å². The highest BCUT2D eigenvalue weighted by Gasteiger charge is 2.09. The fourth-order valence-electron chi connectivity index (χ4n) is 1.10. The van der Waals surface area contributed by atoms with Gasteiger partial charge in [-0.25, -0.2) is 0 Å². The fraction of sp³-hybridized carbons (Fsp3) is 0.889. The van der Waals surface area contributed by atoms with E-state index in [9.17, 15) is 4.79 Å². The molecule has 3 nitrogen and oxygen atoms in total. The van der Waals surface area contributed by atoms with Gasteiger partial charge >= 0.3 is 0 Å². The van der Waals surface area contributed by atoms with E-state index >= 15 is 0 Å². The predicted octanol–water partition coefficient (Wildman–Crippen LogP) is 0.261. The molecule has 0 unspecified atom stereocenters. The first-order chi connectivity index (χ1) is 5.79. The molecule has 1 N–H and O–H groups in total. The molecule has 2 rings (SSSR count). The van der Waals surface area contributed by atoms with Gasteiger partial charge < -0.3 is 10.2 Å². The van der Waals surface area contributed by atoms with Crippen LogP contribution in [0.25, 0.3) is 0 Å². The molecule has 1 heterocycles. The second kappa shape index (κ2) is 5.27. The van der Waals surface area contributed by atoms with Crippen molar-refractivity contribution in [1.82, 2.24) is 10.2 Å². The van der Waals surface area contributed by atoms with Crippen LogP contribution in [0.5, 0.6) is 0 Å². The molecule has 0 atom stereocenters. The second-order valence-corrected chi connectivity index (χ2v) is 3.45. The van der Waals surface area contributed by atoms with Crippen molar-refractivity contribution in [3.8, 4) is 0 Å². The van der Waals surface area contributed by atoms with Crippen LogP contribution in [-0.4, -0.2) is 43.9 Å². The molecule has 1 saturated heterocycles. The topological polar surface area (TPSA) is 32.3 Å². The van der Waals surface area contributed by atoms with Crippen molar-refractivity contribution in [1.29, 1.82) is 0 Å². The van der Waals surface area contributed by atoms with Crippen molar-refractivity contribution < 1.29 is 4.79 Å². The quantitative estimate of drug-likeness (QED) is 0.566. The monoisotopic (exact) mass is 170 g/mol. The lowest BCUT2D eigenvalue weighted by atomic mass is 9.99. The zero-order valence-corrected chi connectivity index (χ0v) is 7.81. The van der Waals surface area contributed by atoms with Crippen LogP contribution in [0.4, 0.5) is 0 Å². The Morgan fingerprint density at radius 3 is 1.92 bits per heavy atom. The van der Waals surface area contributed by atoms with Gasteiger partial charge in [0.05, 0.1) is 0 Å². The molecule has 0 aromatic carbocycles. The maximum atomic E-state index is 9.90. The van der Waals surface area contributed by atoms with Crippen LogP contribution in [0.2, 0.25) is 0 Å². The summed E-state index contributed by atoms with van der Waals surface area (Å²) < 4.78 is 0. The third-order valence-electron chi connectivity index (χ3n) is 2.25. The average molecular weight is 170 g/mol. The van der Waals surface area contributed by atoms with Crippen LogP contribution in [-0.2, 0) is 4.79 Å². The molecule has 3 heteroatoms. The minimum atomic E-state index is 0.435. The number of nitrogens with one attached hydrogen (secondary N) is 1. The standard InChI is InChI=1S/C5H12N2.C4H6O/c1-7-4-2-6-3-5-7;5-4-2-1-3-4/h6H,2-5H2,1H3;1-3H2. The van der Waals surface area contributed by atoms with Gasteiger partial charge in [-0.2, -0.15) is 0 Å². The normalized spacial score (nSPS) is 23.9. The van der Waals surface area contributed by atoms with Gasteiger partial charge in [0.25, 0.3) is 0 Å². The van der Waals surface area contributed by atoms with E-state index in [2.05, 4.69) is 17.3 Å². The smallest absolute Gasteiger partial charge is 0.132 e. The zero-order chi connectivity index (χ0) is 8.81. The predicted molar refractivity (Wildman–Crippen MR) is 49.2 cm³/mol. The molecular formula is C9H18N2O. The van der Waals surface area contributed by atoms with Crippen molar-refractivity contribution in [3.63, 3.8) is 0 Å². The molecule has 0 radical (unpaired) electrons. The number of nitrogens with zero attached hydrogens (tertiary/aromatic N) is 1. The summed E-state index contributed by atoms with van der Waals surface area (Å²) in [6.07, 6.45) is 2.83. The number of likely N-dealkylation sites (N-methyl/N-ethyl adjacent to an activating group) is 1. The second-order valence-electron chi connectivity index (χ2n) is 3.45. The maximum Gasteiger partial charge on any atom is 0.132 e. The minimum Gasteiger partial charge on any atom is -0.314 e. The Bertz CT molecular complexity index is 135. The van der Waals surface area contributed by atoms with Crippen LogP contribution in [0, 0.1) is 0 Å². The van der Waals surface area contributed by atoms with Gasteiger partial charge in [-0.05, 0) is 13.5 Å². The summed E-state index contributed by atoms with van der Waals surface area (Å²) in [6, 6.07) is 0. The van der Waals surface area contributed by atoms with Gasteiger partial charge in [-0.15, -0.1) is 0 Å². The van der Waals surface area contributed by atoms with Crippen molar-refractivity contribution in [2.24, 2.45) is 0 Å². The van der Waals surface area contributed by atoms with Crippen LogP contribution in [0.1, 0.15) is 19.3 Å². The number of ketones is 1. The van der Waals surface area contributed by atoms with Crippen LogP contribution in [0.15, 0.2) is 0 Å². The summed E-state index contributed by atoms with van der Waals surface area (Å²) in [7, 11) is 2.15. The zero-order valence-electron chi connectivity index (χ0n) is 7.81. The summed E-state index contributed by atoms with van der Waals surface area (Å²) in [5.74, 6) is 0.435. The highest BCUT2D eigenvalue weighted by molar-refractivity contribution is 5.83. The summed E-state index contributed by atoms with van der Waals surface area (Å²) in [5.41, 5.74) is 0. The van der Waals surface area contributed by atoms with E-state index in [1.807, 2.05) is 0 Å². The van der Waals surface area contributed by atoms with E-state index < -0.39 is 0 Å². The van der Waals surface area contributed by atoms with E-state index in [4.69, 9.17) is 0 Å². The van der Waals surface area contributed by atoms with Gasteiger partial charge in [-0.1, -0.05) is 0 Å². The SMILES string of the molecule is CN1CCNCC1.O=C1CCC1. The van der Waals surface area contributed by atoms with Crippen LogP contribution in [0.3, 0.4) is 0 Å². The number of hydrogen-bond acceptors (Lipinski definition) is 3. The molecule has 2 fully saturated rings. The van der Waals surface area contributed by atoms with E-state index in [0.717, 1.165) is 32.4 Å². The lowest BCUT2D eigenvalue weighted by Crippen LogP contribution is -2.40. The Morgan fingerprint density at radius 2 is 1.75 bits per heavy atom. The first kappa shape index (κ1) is 9.68. The first-order valence-corrected chi connectivity index (χ1v) is 4.70. The molecule has 1 aliphatic heterocycles. The molecule has 0 bridgehead atoms. The van der Waals surface area contributed by atoms with Gasteiger partial charge in [0.1, 0.15) is 5.78 Å². The lowest BCUT2D eigenvalue weighted by molar-refractivity contribution is -0.123. The van der Waals surface area contributed by atoms with Crippen molar-refractivity contribution in [3.05, 3.63) is 0 Å². The lowest BCUT2D eigenvalue weighted by Gasteiger charge is -2.21. The Hall–Kier alpha value is -0.410. The minimum absolute atomic E-state index is 0.435. The fourth-order valence-corrected chi connectivity index (χ4v) is 1.10. The molecule has 70 valence electrons. The van der Waals surface area contributed by atoms with E-state index in [1.54, 1.807) is 0 Å². The number of carbonyl (C=O) groups excluding carboxylic acids is 1. The highest BCUT2D eigenvalue weighted by Crippen LogP contribution is 2.10. The van der Waals surface area contributed by atoms with Gasteiger partial charge in [0, 0.05) is 39.0 Å². The number of carbonyl (C=O) groups is 1. The molecule has 0 amide bonds. The summed E-state index contributed by atoms with van der Waals surface area (Å²) in [4.78, 5) is 12.2. The van der Waals surface area contributed by atoms with Crippen molar-refractivity contribution >= 4 is 5.78 Å². The van der Waals surface area contributed by atoms with Crippen molar-refractivity contribution in [2.45, 2.75) is 19.3 Å². The Kier molecular flexibility index (Phi) is 4.25. The number of piperazine rings is 1. The summed E-state index contributed by atoms with van der Waals surface area (Å²) >= 11 is 0. The van der Waals surface area contributed by atoms with Crippen LogP contribution >= 0.6 is 0 Å². The molecular weight excluding hydrogens is 152 g/mol. The first-order valence-electron chi connectivity index (χ1n) is 4.70. The average Bonchev–Trinajstić information content (AvgIpc) is 2.04. The Morgan fingerprint density at radius 1 is 1.25 bits per heavy atom. The van der Waals surface area contributed by atoms with E-state index in [1.165, 1.54) is 13.1 Å². The molecule has 1 saturated carbocycles. The van der Waals surface area contributed by atoms with E-state index in [-0.39, 0.29) is 0 Å².